The number of nitrogens with one attached hydrogen (secondary N) is 1. The van der Waals surface area contributed by atoms with Gasteiger partial charge in [-0.25, -0.2) is 8.42 Å². The molecule has 0 amide bonds. The van der Waals surface area contributed by atoms with Crippen LogP contribution in [0.5, 0.6) is 0 Å². The Hall–Kier alpha value is -0.860. The van der Waals surface area contributed by atoms with E-state index in [2.05, 4.69) is 36.8 Å². The molecule has 3 aromatic rings. The molecule has 0 saturated heterocycles. The van der Waals surface area contributed by atoms with E-state index < -0.39 is 21.1 Å². The van der Waals surface area contributed by atoms with Crippen molar-refractivity contribution in [3.8, 4) is 0 Å². The molecule has 1 aromatic heterocycles. The summed E-state index contributed by atoms with van der Waals surface area (Å²) in [5, 5.41) is 1.23. The Morgan fingerprint density at radius 2 is 1.76 bits per heavy atom. The topological polar surface area (TPSA) is 67.0 Å². The van der Waals surface area contributed by atoms with Crippen molar-refractivity contribution < 1.29 is 8.42 Å². The highest BCUT2D eigenvalue weighted by Crippen LogP contribution is 2.29. The van der Waals surface area contributed by atoms with E-state index >= 15 is 0 Å². The average molecular weight is 526 g/mol. The van der Waals surface area contributed by atoms with Crippen molar-refractivity contribution in [1.29, 1.82) is 0 Å². The Kier molecular flexibility index (Phi) is 5.33. The van der Waals surface area contributed by atoms with Gasteiger partial charge in [-0.15, -0.1) is 0 Å². The zero-order chi connectivity index (χ0) is 18.4. The largest absolute Gasteiger partial charge is 0.321 e. The van der Waals surface area contributed by atoms with Gasteiger partial charge < -0.3 is 4.98 Å². The summed E-state index contributed by atoms with van der Waals surface area (Å²) in [5.74, 6) is -0.397. The summed E-state index contributed by atoms with van der Waals surface area (Å²) in [5.41, 5.74) is 0.220. The van der Waals surface area contributed by atoms with Crippen LogP contribution in [-0.4, -0.2) is 13.4 Å². The Morgan fingerprint density at radius 3 is 2.44 bits per heavy atom. The smallest absolute Gasteiger partial charge is 0.267 e. The molecule has 2 aromatic carbocycles. The average Bonchev–Trinajstić information content (AvgIpc) is 2.49. The number of aromatic amines is 1. The molecule has 9 heteroatoms. The van der Waals surface area contributed by atoms with E-state index in [1.165, 1.54) is 18.2 Å². The van der Waals surface area contributed by atoms with Gasteiger partial charge in [-0.05, 0) is 35.9 Å². The van der Waals surface area contributed by atoms with Crippen LogP contribution in [0.4, 0.5) is 0 Å². The summed E-state index contributed by atoms with van der Waals surface area (Å²) in [6.07, 6.45) is 0. The van der Waals surface area contributed by atoms with Crippen molar-refractivity contribution >= 4 is 75.8 Å². The molecule has 130 valence electrons. The number of H-pyrrole nitrogens is 1. The van der Waals surface area contributed by atoms with E-state index in [9.17, 15) is 13.2 Å². The Balaban J connectivity index is 2.14. The zero-order valence-electron chi connectivity index (χ0n) is 12.3. The summed E-state index contributed by atoms with van der Waals surface area (Å²) in [4.78, 5) is 14.6. The van der Waals surface area contributed by atoms with Crippen LogP contribution in [0, 0.1) is 0 Å². The highest BCUT2D eigenvalue weighted by Gasteiger charge is 2.22. The van der Waals surface area contributed by atoms with Crippen LogP contribution < -0.4 is 5.56 Å². The SMILES string of the molecule is O=c1[nH]c2cc(Br)cc(Br)c2cc1S(=O)(=O)Cc1ccc(Cl)cc1Cl. The number of hydrogen-bond donors (Lipinski definition) is 1. The third kappa shape index (κ3) is 3.95. The van der Waals surface area contributed by atoms with Crippen LogP contribution in [0.3, 0.4) is 0 Å². The number of pyridine rings is 1. The van der Waals surface area contributed by atoms with Crippen LogP contribution >= 0.6 is 55.1 Å². The van der Waals surface area contributed by atoms with Gasteiger partial charge in [0.25, 0.3) is 5.56 Å². The fraction of sp³-hybridized carbons (Fsp3) is 0.0625. The van der Waals surface area contributed by atoms with Crippen LogP contribution in [0.15, 0.2) is 55.0 Å². The number of hydrogen-bond acceptors (Lipinski definition) is 3. The van der Waals surface area contributed by atoms with Gasteiger partial charge in [0, 0.05) is 24.4 Å². The lowest BCUT2D eigenvalue weighted by molar-refractivity contribution is 0.594. The van der Waals surface area contributed by atoms with Crippen LogP contribution in [0.1, 0.15) is 5.56 Å². The Labute approximate surface area is 170 Å². The minimum absolute atomic E-state index is 0.235. The second-order valence-corrected chi connectivity index (χ2v) is 9.88. The minimum atomic E-state index is -3.90. The van der Waals surface area contributed by atoms with Crippen LogP contribution in [0.2, 0.25) is 10.0 Å². The van der Waals surface area contributed by atoms with Gasteiger partial charge in [-0.2, -0.15) is 0 Å². The summed E-state index contributed by atoms with van der Waals surface area (Å²) in [7, 11) is -3.90. The first-order valence-electron chi connectivity index (χ1n) is 6.86. The van der Waals surface area contributed by atoms with Gasteiger partial charge in [0.2, 0.25) is 0 Å². The molecule has 0 unspecified atom stereocenters. The molecule has 0 atom stereocenters. The van der Waals surface area contributed by atoms with Crippen molar-refractivity contribution in [2.45, 2.75) is 10.6 Å². The summed E-state index contributed by atoms with van der Waals surface area (Å²) in [6.45, 7) is 0. The normalized spacial score (nSPS) is 11.8. The number of halogens is 4. The van der Waals surface area contributed by atoms with E-state index in [4.69, 9.17) is 23.2 Å². The molecule has 0 fully saturated rings. The molecule has 0 aliphatic rings. The third-order valence-corrected chi connectivity index (χ3v) is 6.90. The summed E-state index contributed by atoms with van der Waals surface area (Å²) >= 11 is 18.6. The summed E-state index contributed by atoms with van der Waals surface area (Å²) in [6, 6.07) is 9.39. The first kappa shape index (κ1) is 18.9. The van der Waals surface area contributed by atoms with E-state index in [1.54, 1.807) is 18.2 Å². The molecule has 0 spiro atoms. The van der Waals surface area contributed by atoms with Gasteiger partial charge in [0.1, 0.15) is 4.90 Å². The lowest BCUT2D eigenvalue weighted by atomic mass is 10.2. The van der Waals surface area contributed by atoms with Crippen molar-refractivity contribution in [2.24, 2.45) is 0 Å². The van der Waals surface area contributed by atoms with E-state index in [0.29, 0.717) is 26.0 Å². The minimum Gasteiger partial charge on any atom is -0.321 e. The lowest BCUT2D eigenvalue weighted by Crippen LogP contribution is -2.19. The second-order valence-electron chi connectivity index (χ2n) is 5.31. The Morgan fingerprint density at radius 1 is 1.04 bits per heavy atom. The molecule has 0 aliphatic carbocycles. The van der Waals surface area contributed by atoms with E-state index in [0.717, 1.165) is 4.47 Å². The molecule has 3 rings (SSSR count). The number of aromatic nitrogens is 1. The number of sulfone groups is 1. The fourth-order valence-electron chi connectivity index (χ4n) is 2.37. The van der Waals surface area contributed by atoms with Gasteiger partial charge >= 0.3 is 0 Å². The van der Waals surface area contributed by atoms with Crippen LogP contribution in [-0.2, 0) is 15.6 Å². The van der Waals surface area contributed by atoms with E-state index in [-0.39, 0.29) is 9.92 Å². The second kappa shape index (κ2) is 7.04. The van der Waals surface area contributed by atoms with Gasteiger partial charge in [-0.3, -0.25) is 4.79 Å². The van der Waals surface area contributed by atoms with Gasteiger partial charge in [0.05, 0.1) is 11.3 Å². The first-order chi connectivity index (χ1) is 11.7. The monoisotopic (exact) mass is 523 g/mol. The maximum Gasteiger partial charge on any atom is 0.267 e. The zero-order valence-corrected chi connectivity index (χ0v) is 17.8. The third-order valence-electron chi connectivity index (χ3n) is 3.54. The highest BCUT2D eigenvalue weighted by molar-refractivity contribution is 9.11. The fourth-order valence-corrected chi connectivity index (χ4v) is 5.71. The maximum absolute atomic E-state index is 12.7. The van der Waals surface area contributed by atoms with Crippen molar-refractivity contribution in [2.75, 3.05) is 0 Å². The van der Waals surface area contributed by atoms with E-state index in [1.807, 2.05) is 0 Å². The molecular weight excluding hydrogens is 517 g/mol. The van der Waals surface area contributed by atoms with Gasteiger partial charge in [0.15, 0.2) is 9.84 Å². The molecule has 4 nitrogen and oxygen atoms in total. The molecule has 0 radical (unpaired) electrons. The molecule has 25 heavy (non-hydrogen) atoms. The molecule has 1 heterocycles. The first-order valence-corrected chi connectivity index (χ1v) is 10.9. The number of rotatable bonds is 3. The predicted molar refractivity (Wildman–Crippen MR) is 107 cm³/mol. The summed E-state index contributed by atoms with van der Waals surface area (Å²) < 4.78 is 26.9. The molecule has 1 N–H and O–H groups in total. The van der Waals surface area contributed by atoms with Crippen molar-refractivity contribution in [3.05, 3.63) is 71.3 Å². The predicted octanol–water partition coefficient (Wildman–Crippen LogP) is 5.33. The van der Waals surface area contributed by atoms with Crippen molar-refractivity contribution in [3.63, 3.8) is 0 Å². The Bertz CT molecular complexity index is 1160. The van der Waals surface area contributed by atoms with Crippen molar-refractivity contribution in [1.82, 2.24) is 4.98 Å². The number of fused-ring (bicyclic) bond motifs is 1. The molecule has 0 bridgehead atoms. The van der Waals surface area contributed by atoms with Gasteiger partial charge in [-0.1, -0.05) is 61.1 Å². The maximum atomic E-state index is 12.7. The highest BCUT2D eigenvalue weighted by atomic mass is 79.9. The lowest BCUT2D eigenvalue weighted by Gasteiger charge is -2.08. The number of benzene rings is 2. The standard InChI is InChI=1S/C16H9Br2Cl2NO3S/c17-9-3-12(18)11-6-15(16(22)21-14(11)4-9)25(23,24)7-8-1-2-10(19)5-13(8)20/h1-6H,7H2,(H,21,22). The van der Waals surface area contributed by atoms with Crippen LogP contribution in [0.25, 0.3) is 10.9 Å². The quantitative estimate of drug-likeness (QED) is 0.502. The molecular formula is C16H9Br2Cl2NO3S. The molecule has 0 aliphatic heterocycles. The molecule has 0 saturated carbocycles.